The van der Waals surface area contributed by atoms with Gasteiger partial charge in [-0.3, -0.25) is 4.79 Å². The van der Waals surface area contributed by atoms with Crippen LogP contribution in [0.5, 0.6) is 0 Å². The molecule has 0 aromatic carbocycles. The minimum atomic E-state index is -1.25. The van der Waals surface area contributed by atoms with Crippen LogP contribution in [0.4, 0.5) is 0 Å². The van der Waals surface area contributed by atoms with Gasteiger partial charge in [-0.15, -0.1) is 11.8 Å². The molecule has 0 atom stereocenters. The SMILES string of the molecule is CSc1nc(C)[nH]c(=O)c1C(=O)O. The van der Waals surface area contributed by atoms with Crippen LogP contribution in [-0.4, -0.2) is 27.3 Å². The van der Waals surface area contributed by atoms with Gasteiger partial charge in [-0.05, 0) is 13.2 Å². The van der Waals surface area contributed by atoms with Gasteiger partial charge in [0.05, 0.1) is 0 Å². The molecule has 0 radical (unpaired) electrons. The largest absolute Gasteiger partial charge is 0.477 e. The summed E-state index contributed by atoms with van der Waals surface area (Å²) >= 11 is 1.14. The van der Waals surface area contributed by atoms with Crippen molar-refractivity contribution in [1.82, 2.24) is 9.97 Å². The molecule has 2 N–H and O–H groups in total. The lowest BCUT2D eigenvalue weighted by molar-refractivity contribution is 0.0690. The van der Waals surface area contributed by atoms with Crippen molar-refractivity contribution in [2.45, 2.75) is 11.9 Å². The fourth-order valence-corrected chi connectivity index (χ4v) is 1.51. The summed E-state index contributed by atoms with van der Waals surface area (Å²) in [6, 6.07) is 0. The quantitative estimate of drug-likeness (QED) is 0.536. The lowest BCUT2D eigenvalue weighted by Gasteiger charge is -2.01. The van der Waals surface area contributed by atoms with Crippen LogP contribution in [0.25, 0.3) is 0 Å². The number of aromatic carboxylic acids is 1. The maximum Gasteiger partial charge on any atom is 0.344 e. The number of nitrogens with zero attached hydrogens (tertiary/aromatic N) is 1. The zero-order valence-corrected chi connectivity index (χ0v) is 7.94. The Labute approximate surface area is 78.2 Å². The van der Waals surface area contributed by atoms with Gasteiger partial charge >= 0.3 is 5.97 Å². The van der Waals surface area contributed by atoms with E-state index in [2.05, 4.69) is 9.97 Å². The molecule has 70 valence electrons. The van der Waals surface area contributed by atoms with Crippen molar-refractivity contribution >= 4 is 17.7 Å². The number of hydrogen-bond donors (Lipinski definition) is 2. The van der Waals surface area contributed by atoms with Gasteiger partial charge in [0.15, 0.2) is 5.56 Å². The summed E-state index contributed by atoms with van der Waals surface area (Å²) in [5, 5.41) is 8.94. The summed E-state index contributed by atoms with van der Waals surface area (Å²) in [4.78, 5) is 28.0. The summed E-state index contributed by atoms with van der Waals surface area (Å²) in [6.07, 6.45) is 1.67. The zero-order chi connectivity index (χ0) is 10.0. The third kappa shape index (κ3) is 1.89. The van der Waals surface area contributed by atoms with Crippen molar-refractivity contribution in [3.63, 3.8) is 0 Å². The van der Waals surface area contributed by atoms with Crippen LogP contribution < -0.4 is 5.56 Å². The fourth-order valence-electron chi connectivity index (χ4n) is 0.896. The first-order chi connectivity index (χ1) is 6.06. The number of carboxylic acids is 1. The summed E-state index contributed by atoms with van der Waals surface area (Å²) in [5.74, 6) is -0.836. The predicted molar refractivity (Wildman–Crippen MR) is 48.3 cm³/mol. The highest BCUT2D eigenvalue weighted by Crippen LogP contribution is 2.13. The molecule has 0 amide bonds. The van der Waals surface area contributed by atoms with E-state index in [1.807, 2.05) is 0 Å². The Bertz CT molecular complexity index is 399. The van der Waals surface area contributed by atoms with Gasteiger partial charge < -0.3 is 10.1 Å². The highest BCUT2D eigenvalue weighted by atomic mass is 32.2. The van der Waals surface area contributed by atoms with E-state index in [-0.39, 0.29) is 10.6 Å². The number of thioether (sulfide) groups is 1. The van der Waals surface area contributed by atoms with Crippen molar-refractivity contribution in [2.75, 3.05) is 6.26 Å². The van der Waals surface area contributed by atoms with Crippen LogP contribution in [0.1, 0.15) is 16.2 Å². The molecule has 0 spiro atoms. The predicted octanol–water partition coefficient (Wildman–Crippen LogP) is 0.498. The van der Waals surface area contributed by atoms with Crippen LogP contribution in [0.15, 0.2) is 9.82 Å². The Kier molecular flexibility index (Phi) is 2.72. The molecule has 0 aliphatic heterocycles. The van der Waals surface area contributed by atoms with Gasteiger partial charge in [0.1, 0.15) is 10.9 Å². The van der Waals surface area contributed by atoms with Gasteiger partial charge in [-0.1, -0.05) is 0 Å². The molecule has 0 fully saturated rings. The van der Waals surface area contributed by atoms with E-state index in [0.29, 0.717) is 5.82 Å². The summed E-state index contributed by atoms with van der Waals surface area (Å²) in [6.45, 7) is 1.60. The molecule has 0 aliphatic rings. The number of hydrogen-bond acceptors (Lipinski definition) is 4. The van der Waals surface area contributed by atoms with E-state index in [4.69, 9.17) is 5.11 Å². The second-order valence-corrected chi connectivity index (χ2v) is 3.14. The molecular weight excluding hydrogens is 192 g/mol. The number of aryl methyl sites for hydroxylation is 1. The smallest absolute Gasteiger partial charge is 0.344 e. The normalized spacial score (nSPS) is 10.0. The van der Waals surface area contributed by atoms with Crippen molar-refractivity contribution < 1.29 is 9.90 Å². The molecule has 0 bridgehead atoms. The van der Waals surface area contributed by atoms with Gasteiger partial charge in [-0.2, -0.15) is 0 Å². The first-order valence-electron chi connectivity index (χ1n) is 3.44. The van der Waals surface area contributed by atoms with E-state index in [1.54, 1.807) is 13.2 Å². The standard InChI is InChI=1S/C7H8N2O3S/c1-3-8-5(10)4(7(11)12)6(9-3)13-2/h1-2H3,(H,11,12)(H,8,9,10). The molecule has 13 heavy (non-hydrogen) atoms. The third-order valence-electron chi connectivity index (χ3n) is 1.41. The molecular formula is C7H8N2O3S. The number of aromatic amines is 1. The van der Waals surface area contributed by atoms with E-state index in [0.717, 1.165) is 11.8 Å². The van der Waals surface area contributed by atoms with E-state index in [1.165, 1.54) is 0 Å². The summed E-state index contributed by atoms with van der Waals surface area (Å²) < 4.78 is 0. The minimum absolute atomic E-state index is 0.244. The van der Waals surface area contributed by atoms with Crippen LogP contribution in [0.2, 0.25) is 0 Å². The first-order valence-corrected chi connectivity index (χ1v) is 4.67. The average Bonchev–Trinajstić information content (AvgIpc) is 2.01. The van der Waals surface area contributed by atoms with Crippen molar-refractivity contribution in [1.29, 1.82) is 0 Å². The van der Waals surface area contributed by atoms with Crippen LogP contribution in [-0.2, 0) is 0 Å². The van der Waals surface area contributed by atoms with Crippen LogP contribution >= 0.6 is 11.8 Å². The third-order valence-corrected chi connectivity index (χ3v) is 2.09. The second kappa shape index (κ2) is 3.61. The second-order valence-electron chi connectivity index (χ2n) is 2.34. The number of nitrogens with one attached hydrogen (secondary N) is 1. The zero-order valence-electron chi connectivity index (χ0n) is 7.12. The number of carboxylic acid groups (broad SMARTS) is 1. The molecule has 0 saturated heterocycles. The number of H-pyrrole nitrogens is 1. The molecule has 1 aromatic rings. The summed E-state index contributed by atoms with van der Waals surface area (Å²) in [7, 11) is 0. The molecule has 0 unspecified atom stereocenters. The Hall–Kier alpha value is -1.30. The maximum absolute atomic E-state index is 11.2. The van der Waals surface area contributed by atoms with Crippen molar-refractivity contribution in [3.8, 4) is 0 Å². The Morgan fingerprint density at radius 1 is 1.62 bits per heavy atom. The average molecular weight is 200 g/mol. The summed E-state index contributed by atoms with van der Waals surface area (Å²) in [5.41, 5.74) is -0.901. The van der Waals surface area contributed by atoms with Crippen LogP contribution in [0.3, 0.4) is 0 Å². The van der Waals surface area contributed by atoms with Crippen LogP contribution in [0, 0.1) is 6.92 Å². The van der Waals surface area contributed by atoms with Gasteiger partial charge in [-0.25, -0.2) is 9.78 Å². The number of rotatable bonds is 2. The Balaban J connectivity index is 3.48. The molecule has 0 saturated carbocycles. The first kappa shape index (κ1) is 9.79. The Morgan fingerprint density at radius 3 is 2.69 bits per heavy atom. The molecule has 6 heteroatoms. The molecule has 1 rings (SSSR count). The van der Waals surface area contributed by atoms with Crippen molar-refractivity contribution in [2.24, 2.45) is 0 Å². The van der Waals surface area contributed by atoms with Crippen molar-refractivity contribution in [3.05, 3.63) is 21.7 Å². The van der Waals surface area contributed by atoms with Gasteiger partial charge in [0.2, 0.25) is 0 Å². The molecule has 5 nitrogen and oxygen atoms in total. The van der Waals surface area contributed by atoms with Gasteiger partial charge in [0.25, 0.3) is 5.56 Å². The molecule has 0 aliphatic carbocycles. The molecule has 1 aromatic heterocycles. The number of aromatic nitrogens is 2. The fraction of sp³-hybridized carbons (Fsp3) is 0.286. The Morgan fingerprint density at radius 2 is 2.23 bits per heavy atom. The van der Waals surface area contributed by atoms with E-state index < -0.39 is 11.5 Å². The topological polar surface area (TPSA) is 83.0 Å². The lowest BCUT2D eigenvalue weighted by Crippen LogP contribution is -2.21. The molecule has 1 heterocycles. The lowest BCUT2D eigenvalue weighted by atomic mass is 10.3. The number of carbonyl (C=O) groups is 1. The highest BCUT2D eigenvalue weighted by molar-refractivity contribution is 7.98. The maximum atomic E-state index is 11.2. The monoisotopic (exact) mass is 200 g/mol. The van der Waals surface area contributed by atoms with E-state index >= 15 is 0 Å². The highest BCUT2D eigenvalue weighted by Gasteiger charge is 2.15. The minimum Gasteiger partial charge on any atom is -0.477 e. The van der Waals surface area contributed by atoms with E-state index in [9.17, 15) is 9.59 Å². The van der Waals surface area contributed by atoms with Gasteiger partial charge in [0, 0.05) is 0 Å².